The van der Waals surface area contributed by atoms with Crippen LogP contribution in [0.25, 0.3) is 5.69 Å². The van der Waals surface area contributed by atoms with Crippen molar-refractivity contribution in [3.05, 3.63) is 106 Å². The Morgan fingerprint density at radius 1 is 1.10 bits per heavy atom. The summed E-state index contributed by atoms with van der Waals surface area (Å²) in [6.07, 6.45) is 1.65. The summed E-state index contributed by atoms with van der Waals surface area (Å²) < 4.78 is 31.0. The highest BCUT2D eigenvalue weighted by Gasteiger charge is 2.40. The summed E-state index contributed by atoms with van der Waals surface area (Å²) in [7, 11) is 0. The lowest BCUT2D eigenvalue weighted by molar-refractivity contribution is -0.123. The number of rotatable bonds is 6. The minimum Gasteiger partial charge on any atom is -0.349 e. The SMILES string of the molecule is Cc1ccc(-n2nc(C(C)(C)C)c3c2N(CC(=O)NCc2ccccn2)C(=O)CSC3c2ccc(F)cc2F)c(C)c1. The van der Waals surface area contributed by atoms with Gasteiger partial charge in [-0.15, -0.1) is 11.8 Å². The second-order valence-corrected chi connectivity index (χ2v) is 12.6. The molecule has 2 aromatic carbocycles. The monoisotopic (exact) mass is 589 g/mol. The van der Waals surface area contributed by atoms with Gasteiger partial charge in [-0.05, 0) is 43.7 Å². The van der Waals surface area contributed by atoms with Crippen molar-refractivity contribution >= 4 is 29.4 Å². The number of carbonyl (C=O) groups excluding carboxylic acids is 2. The van der Waals surface area contributed by atoms with Gasteiger partial charge in [-0.1, -0.05) is 50.6 Å². The van der Waals surface area contributed by atoms with Crippen molar-refractivity contribution in [1.82, 2.24) is 20.1 Å². The minimum absolute atomic E-state index is 0.0137. The first-order valence-electron chi connectivity index (χ1n) is 13.7. The molecule has 218 valence electrons. The summed E-state index contributed by atoms with van der Waals surface area (Å²) in [5.41, 5.74) is 4.44. The molecule has 5 rings (SSSR count). The van der Waals surface area contributed by atoms with Crippen LogP contribution in [0.15, 0.2) is 60.8 Å². The largest absolute Gasteiger partial charge is 0.349 e. The van der Waals surface area contributed by atoms with Gasteiger partial charge in [0.1, 0.15) is 24.0 Å². The molecule has 1 aliphatic rings. The van der Waals surface area contributed by atoms with E-state index in [0.29, 0.717) is 22.8 Å². The number of nitrogens with one attached hydrogen (secondary N) is 1. The van der Waals surface area contributed by atoms with E-state index in [0.717, 1.165) is 22.9 Å². The molecule has 0 bridgehead atoms. The Kier molecular flexibility index (Phi) is 8.19. The summed E-state index contributed by atoms with van der Waals surface area (Å²) in [5.74, 6) is -1.68. The van der Waals surface area contributed by atoms with E-state index >= 15 is 4.39 Å². The van der Waals surface area contributed by atoms with Crippen LogP contribution in [0.3, 0.4) is 0 Å². The third-order valence-electron chi connectivity index (χ3n) is 7.12. The fourth-order valence-electron chi connectivity index (χ4n) is 5.14. The van der Waals surface area contributed by atoms with Crippen molar-refractivity contribution in [3.8, 4) is 5.69 Å². The van der Waals surface area contributed by atoms with Crippen molar-refractivity contribution < 1.29 is 18.4 Å². The van der Waals surface area contributed by atoms with Crippen molar-refractivity contribution in [2.75, 3.05) is 17.2 Å². The van der Waals surface area contributed by atoms with Gasteiger partial charge in [-0.3, -0.25) is 19.5 Å². The van der Waals surface area contributed by atoms with E-state index in [1.165, 1.54) is 28.8 Å². The topological polar surface area (TPSA) is 80.1 Å². The molecule has 1 N–H and O–H groups in total. The van der Waals surface area contributed by atoms with Crippen LogP contribution in [-0.4, -0.2) is 38.9 Å². The number of fused-ring (bicyclic) bond motifs is 1. The predicted molar refractivity (Wildman–Crippen MR) is 161 cm³/mol. The molecule has 0 fully saturated rings. The van der Waals surface area contributed by atoms with Gasteiger partial charge in [0.05, 0.1) is 34.6 Å². The molecule has 0 saturated carbocycles. The van der Waals surface area contributed by atoms with Crippen molar-refractivity contribution in [1.29, 1.82) is 0 Å². The van der Waals surface area contributed by atoms with Crippen LogP contribution in [0.5, 0.6) is 0 Å². The second-order valence-electron chi connectivity index (χ2n) is 11.5. The van der Waals surface area contributed by atoms with Gasteiger partial charge in [0.15, 0.2) is 0 Å². The zero-order valence-corrected chi connectivity index (χ0v) is 25.1. The number of pyridine rings is 1. The Balaban J connectivity index is 1.70. The normalized spacial score (nSPS) is 15.4. The number of nitrogens with zero attached hydrogens (tertiary/aromatic N) is 4. The fraction of sp³-hybridized carbons (Fsp3) is 0.312. The first-order chi connectivity index (χ1) is 19.9. The molecule has 7 nitrogen and oxygen atoms in total. The Bertz CT molecular complexity index is 1650. The summed E-state index contributed by atoms with van der Waals surface area (Å²) >= 11 is 1.25. The Hall–Kier alpha value is -4.05. The lowest BCUT2D eigenvalue weighted by Crippen LogP contribution is -2.42. The Morgan fingerprint density at radius 3 is 2.55 bits per heavy atom. The first kappa shape index (κ1) is 29.4. The quantitative estimate of drug-likeness (QED) is 0.301. The number of hydrogen-bond acceptors (Lipinski definition) is 5. The highest BCUT2D eigenvalue weighted by molar-refractivity contribution is 8.00. The van der Waals surface area contributed by atoms with Crippen LogP contribution in [-0.2, 0) is 21.5 Å². The molecule has 42 heavy (non-hydrogen) atoms. The molecule has 0 spiro atoms. The fourth-order valence-corrected chi connectivity index (χ4v) is 6.35. The van der Waals surface area contributed by atoms with Crippen LogP contribution < -0.4 is 10.2 Å². The summed E-state index contributed by atoms with van der Waals surface area (Å²) in [6, 6.07) is 14.8. The molecule has 3 heterocycles. The van der Waals surface area contributed by atoms with Crippen molar-refractivity contribution in [3.63, 3.8) is 0 Å². The number of amides is 2. The average molecular weight is 590 g/mol. The van der Waals surface area contributed by atoms with Crippen molar-refractivity contribution in [2.45, 2.75) is 51.8 Å². The predicted octanol–water partition coefficient (Wildman–Crippen LogP) is 5.95. The Labute approximate surface area is 248 Å². The lowest BCUT2D eigenvalue weighted by atomic mass is 9.87. The standard InChI is InChI=1S/C32H33F2N5O2S/c1-19-9-12-25(20(2)14-19)39-31-28(30(37-39)32(3,4)5)29(23-11-10-21(33)15-24(23)34)42-18-27(41)38(31)17-26(40)36-16-22-8-6-7-13-35-22/h6-15,29H,16-18H2,1-5H3,(H,36,40). The van der Waals surface area contributed by atoms with Crippen LogP contribution in [0, 0.1) is 25.5 Å². The number of aromatic nitrogens is 3. The maximum atomic E-state index is 15.3. The zero-order chi connectivity index (χ0) is 30.2. The molecule has 1 unspecified atom stereocenters. The number of thioether (sulfide) groups is 1. The molecule has 0 aliphatic carbocycles. The molecule has 10 heteroatoms. The molecular weight excluding hydrogens is 556 g/mol. The van der Waals surface area contributed by atoms with E-state index in [4.69, 9.17) is 5.10 Å². The van der Waals surface area contributed by atoms with Crippen LogP contribution >= 0.6 is 11.8 Å². The van der Waals surface area contributed by atoms with Gasteiger partial charge in [0.25, 0.3) is 0 Å². The molecule has 0 saturated heterocycles. The average Bonchev–Trinajstić information content (AvgIpc) is 3.26. The van der Waals surface area contributed by atoms with Crippen LogP contribution in [0.1, 0.15) is 59.7 Å². The lowest BCUT2D eigenvalue weighted by Gasteiger charge is -2.25. The smallest absolute Gasteiger partial charge is 0.240 e. The maximum absolute atomic E-state index is 15.3. The van der Waals surface area contributed by atoms with Crippen LogP contribution in [0.4, 0.5) is 14.6 Å². The van der Waals surface area contributed by atoms with E-state index in [-0.39, 0.29) is 36.2 Å². The minimum atomic E-state index is -0.702. The molecule has 1 atom stereocenters. The number of hydrogen-bond donors (Lipinski definition) is 1. The van der Waals surface area contributed by atoms with E-state index in [2.05, 4.69) is 10.3 Å². The maximum Gasteiger partial charge on any atom is 0.240 e. The van der Waals surface area contributed by atoms with E-state index < -0.39 is 22.3 Å². The van der Waals surface area contributed by atoms with Crippen LogP contribution in [0.2, 0.25) is 0 Å². The van der Waals surface area contributed by atoms with Gasteiger partial charge in [-0.25, -0.2) is 13.5 Å². The van der Waals surface area contributed by atoms with Gasteiger partial charge >= 0.3 is 0 Å². The first-order valence-corrected chi connectivity index (χ1v) is 14.7. The molecule has 2 amide bonds. The third kappa shape index (κ3) is 5.94. The van der Waals surface area contributed by atoms with Gasteiger partial charge in [-0.2, -0.15) is 5.10 Å². The number of aryl methyl sites for hydroxylation is 2. The number of benzene rings is 2. The molecule has 1 aliphatic heterocycles. The van der Waals surface area contributed by atoms with Crippen molar-refractivity contribution in [2.24, 2.45) is 0 Å². The highest BCUT2D eigenvalue weighted by Crippen LogP contribution is 2.49. The Morgan fingerprint density at radius 2 is 1.88 bits per heavy atom. The molecule has 2 aromatic heterocycles. The number of anilines is 1. The summed E-state index contributed by atoms with van der Waals surface area (Å²) in [5, 5.41) is 7.24. The molecule has 4 aromatic rings. The highest BCUT2D eigenvalue weighted by atomic mass is 32.2. The van der Waals surface area contributed by atoms with Gasteiger partial charge in [0.2, 0.25) is 11.8 Å². The van der Waals surface area contributed by atoms with E-state index in [1.807, 2.05) is 58.9 Å². The number of carbonyl (C=O) groups is 2. The molecule has 0 radical (unpaired) electrons. The van der Waals surface area contributed by atoms with Gasteiger partial charge < -0.3 is 5.32 Å². The summed E-state index contributed by atoms with van der Waals surface area (Å²) in [6.45, 7) is 9.90. The third-order valence-corrected chi connectivity index (χ3v) is 8.36. The van der Waals surface area contributed by atoms with Gasteiger partial charge in [0, 0.05) is 28.8 Å². The summed E-state index contributed by atoms with van der Waals surface area (Å²) in [4.78, 5) is 32.8. The molecular formula is C32H33F2N5O2S. The zero-order valence-electron chi connectivity index (χ0n) is 24.2. The second kappa shape index (κ2) is 11.7. The van der Waals surface area contributed by atoms with E-state index in [9.17, 15) is 14.0 Å². The number of halogens is 2. The van der Waals surface area contributed by atoms with E-state index in [1.54, 1.807) is 23.0 Å².